The molecule has 2 aromatic heterocycles. The molecule has 3 rings (SSSR count). The van der Waals surface area contributed by atoms with Crippen LogP contribution >= 0.6 is 15.9 Å². The fraction of sp³-hybridized carbons (Fsp3) is 0.133. The molecule has 3 aromatic rings. The summed E-state index contributed by atoms with van der Waals surface area (Å²) in [5, 5.41) is 4.51. The van der Waals surface area contributed by atoms with E-state index in [1.54, 1.807) is 18.1 Å². The standard InChI is InChI=1S/C15H14BrN3O2/c1-19-15(17)12(9-4-3-5-10(8-9)20-2)13(18-19)11-6-7-21-14(11)16/h3-8H,17H2,1-2H3. The fourth-order valence-electron chi connectivity index (χ4n) is 2.25. The van der Waals surface area contributed by atoms with E-state index in [0.717, 1.165) is 28.1 Å². The zero-order chi connectivity index (χ0) is 15.0. The van der Waals surface area contributed by atoms with Gasteiger partial charge in [-0.1, -0.05) is 12.1 Å². The Hall–Kier alpha value is -2.21. The molecule has 0 fully saturated rings. The van der Waals surface area contributed by atoms with Crippen LogP contribution in [0.25, 0.3) is 22.4 Å². The lowest BCUT2D eigenvalue weighted by Gasteiger charge is -2.06. The average molecular weight is 348 g/mol. The zero-order valence-corrected chi connectivity index (χ0v) is 13.2. The molecule has 0 saturated heterocycles. The Kier molecular flexibility index (Phi) is 3.47. The van der Waals surface area contributed by atoms with Gasteiger partial charge in [0, 0.05) is 7.05 Å². The Labute approximate surface area is 130 Å². The summed E-state index contributed by atoms with van der Waals surface area (Å²) in [5.41, 5.74) is 9.63. The number of aromatic nitrogens is 2. The van der Waals surface area contributed by atoms with E-state index < -0.39 is 0 Å². The van der Waals surface area contributed by atoms with Crippen LogP contribution in [0.3, 0.4) is 0 Å². The first kappa shape index (κ1) is 13.8. The highest BCUT2D eigenvalue weighted by Gasteiger charge is 2.20. The van der Waals surface area contributed by atoms with Gasteiger partial charge in [-0.25, -0.2) is 0 Å². The smallest absolute Gasteiger partial charge is 0.178 e. The number of benzene rings is 1. The molecule has 0 unspecified atom stereocenters. The van der Waals surface area contributed by atoms with Crippen LogP contribution in [0.2, 0.25) is 0 Å². The monoisotopic (exact) mass is 347 g/mol. The van der Waals surface area contributed by atoms with Gasteiger partial charge in [-0.15, -0.1) is 0 Å². The van der Waals surface area contributed by atoms with Crippen LogP contribution in [0, 0.1) is 0 Å². The van der Waals surface area contributed by atoms with Gasteiger partial charge in [-0.2, -0.15) is 5.10 Å². The van der Waals surface area contributed by atoms with Gasteiger partial charge in [0.1, 0.15) is 17.3 Å². The van der Waals surface area contributed by atoms with Gasteiger partial charge >= 0.3 is 0 Å². The lowest BCUT2D eigenvalue weighted by atomic mass is 10.0. The molecule has 0 amide bonds. The number of halogens is 1. The largest absolute Gasteiger partial charge is 0.497 e. The van der Waals surface area contributed by atoms with Gasteiger partial charge in [0.05, 0.1) is 24.5 Å². The number of rotatable bonds is 3. The minimum atomic E-state index is 0.589. The van der Waals surface area contributed by atoms with Crippen molar-refractivity contribution in [2.75, 3.05) is 12.8 Å². The Balaban J connectivity index is 2.24. The number of nitrogens with two attached hydrogens (primary N) is 1. The average Bonchev–Trinajstić information content (AvgIpc) is 3.03. The van der Waals surface area contributed by atoms with Gasteiger partial charge in [0.15, 0.2) is 4.67 Å². The number of furan rings is 1. The minimum absolute atomic E-state index is 0.589. The zero-order valence-electron chi connectivity index (χ0n) is 11.6. The molecule has 0 atom stereocenters. The molecule has 1 aromatic carbocycles. The molecule has 0 saturated carbocycles. The maximum Gasteiger partial charge on any atom is 0.178 e. The number of nitrogens with zero attached hydrogens (tertiary/aromatic N) is 2. The third kappa shape index (κ3) is 2.31. The van der Waals surface area contributed by atoms with Crippen LogP contribution in [0.1, 0.15) is 0 Å². The second-order valence-corrected chi connectivity index (χ2v) is 5.29. The quantitative estimate of drug-likeness (QED) is 0.784. The molecule has 6 heteroatoms. The Morgan fingerprint density at radius 2 is 2.14 bits per heavy atom. The van der Waals surface area contributed by atoms with E-state index in [1.807, 2.05) is 37.4 Å². The van der Waals surface area contributed by atoms with Gasteiger partial charge in [0.2, 0.25) is 0 Å². The van der Waals surface area contributed by atoms with Gasteiger partial charge in [0.25, 0.3) is 0 Å². The number of anilines is 1. The van der Waals surface area contributed by atoms with Crippen LogP contribution in [0.15, 0.2) is 45.7 Å². The van der Waals surface area contributed by atoms with Crippen molar-refractivity contribution in [2.45, 2.75) is 0 Å². The molecule has 2 N–H and O–H groups in total. The lowest BCUT2D eigenvalue weighted by Crippen LogP contribution is -1.98. The molecule has 0 aliphatic carbocycles. The summed E-state index contributed by atoms with van der Waals surface area (Å²) in [5.74, 6) is 1.36. The van der Waals surface area contributed by atoms with Crippen LogP contribution in [-0.4, -0.2) is 16.9 Å². The molecule has 108 valence electrons. The van der Waals surface area contributed by atoms with E-state index in [2.05, 4.69) is 21.0 Å². The SMILES string of the molecule is COc1cccc(-c2c(-c3ccoc3Br)nn(C)c2N)c1. The van der Waals surface area contributed by atoms with Crippen molar-refractivity contribution in [3.8, 4) is 28.1 Å². The van der Waals surface area contributed by atoms with Crippen molar-refractivity contribution in [3.05, 3.63) is 41.3 Å². The molecule has 0 aliphatic rings. The molecule has 0 bridgehead atoms. The van der Waals surface area contributed by atoms with Gasteiger partial charge < -0.3 is 14.9 Å². The maximum absolute atomic E-state index is 6.20. The van der Waals surface area contributed by atoms with Gasteiger partial charge in [-0.05, 0) is 39.7 Å². The summed E-state index contributed by atoms with van der Waals surface area (Å²) in [6, 6.07) is 9.59. The Morgan fingerprint density at radius 1 is 1.33 bits per heavy atom. The molecule has 5 nitrogen and oxygen atoms in total. The second-order valence-electron chi connectivity index (χ2n) is 4.57. The predicted molar refractivity (Wildman–Crippen MR) is 85.0 cm³/mol. The minimum Gasteiger partial charge on any atom is -0.497 e. The van der Waals surface area contributed by atoms with Crippen molar-refractivity contribution < 1.29 is 9.15 Å². The number of aryl methyl sites for hydroxylation is 1. The summed E-state index contributed by atoms with van der Waals surface area (Å²) in [4.78, 5) is 0. The number of ether oxygens (including phenoxy) is 1. The first-order valence-electron chi connectivity index (χ1n) is 6.32. The third-order valence-corrected chi connectivity index (χ3v) is 3.94. The molecule has 0 aliphatic heterocycles. The van der Waals surface area contributed by atoms with Crippen LogP contribution in [-0.2, 0) is 7.05 Å². The third-order valence-electron chi connectivity index (χ3n) is 3.32. The second kappa shape index (κ2) is 5.29. The van der Waals surface area contributed by atoms with E-state index in [0.29, 0.717) is 10.5 Å². The van der Waals surface area contributed by atoms with Crippen molar-refractivity contribution in [2.24, 2.45) is 7.05 Å². The Bertz CT molecular complexity index is 792. The molecule has 21 heavy (non-hydrogen) atoms. The highest BCUT2D eigenvalue weighted by atomic mass is 79.9. The predicted octanol–water partition coefficient (Wildman–Crippen LogP) is 3.70. The highest BCUT2D eigenvalue weighted by molar-refractivity contribution is 9.10. The number of hydrogen-bond donors (Lipinski definition) is 1. The molecule has 0 spiro atoms. The van der Waals surface area contributed by atoms with Crippen molar-refractivity contribution >= 4 is 21.7 Å². The van der Waals surface area contributed by atoms with Crippen LogP contribution < -0.4 is 10.5 Å². The van der Waals surface area contributed by atoms with E-state index in [-0.39, 0.29) is 0 Å². The number of nitrogen functional groups attached to an aromatic ring is 1. The number of methoxy groups -OCH3 is 1. The molecule has 0 radical (unpaired) electrons. The highest BCUT2D eigenvalue weighted by Crippen LogP contribution is 2.39. The van der Waals surface area contributed by atoms with Crippen LogP contribution in [0.5, 0.6) is 5.75 Å². The summed E-state index contributed by atoms with van der Waals surface area (Å²) in [7, 11) is 3.45. The van der Waals surface area contributed by atoms with E-state index in [9.17, 15) is 0 Å². The molecular formula is C15H14BrN3O2. The fourth-order valence-corrected chi connectivity index (χ4v) is 2.68. The van der Waals surface area contributed by atoms with E-state index >= 15 is 0 Å². The maximum atomic E-state index is 6.20. The lowest BCUT2D eigenvalue weighted by molar-refractivity contribution is 0.415. The van der Waals surface area contributed by atoms with Crippen molar-refractivity contribution in [1.82, 2.24) is 9.78 Å². The summed E-state index contributed by atoms with van der Waals surface area (Å²) >= 11 is 3.39. The van der Waals surface area contributed by atoms with Gasteiger partial charge in [-0.3, -0.25) is 4.68 Å². The van der Waals surface area contributed by atoms with Crippen molar-refractivity contribution in [3.63, 3.8) is 0 Å². The van der Waals surface area contributed by atoms with E-state index in [4.69, 9.17) is 14.9 Å². The Morgan fingerprint density at radius 3 is 2.81 bits per heavy atom. The summed E-state index contributed by atoms with van der Waals surface area (Å²) < 4.78 is 12.9. The molecule has 2 heterocycles. The first-order chi connectivity index (χ1) is 10.1. The number of hydrogen-bond acceptors (Lipinski definition) is 4. The first-order valence-corrected chi connectivity index (χ1v) is 7.11. The summed E-state index contributed by atoms with van der Waals surface area (Å²) in [6.07, 6.45) is 1.61. The normalized spacial score (nSPS) is 10.8. The van der Waals surface area contributed by atoms with Crippen LogP contribution in [0.4, 0.5) is 5.82 Å². The summed E-state index contributed by atoms with van der Waals surface area (Å²) in [6.45, 7) is 0. The molecular weight excluding hydrogens is 334 g/mol. The topological polar surface area (TPSA) is 66.2 Å². The van der Waals surface area contributed by atoms with Crippen molar-refractivity contribution in [1.29, 1.82) is 0 Å². The van der Waals surface area contributed by atoms with E-state index in [1.165, 1.54) is 0 Å².